The maximum atomic E-state index is 12.2. The van der Waals surface area contributed by atoms with Gasteiger partial charge in [-0.1, -0.05) is 18.3 Å². The molecule has 0 saturated carbocycles. The van der Waals surface area contributed by atoms with Gasteiger partial charge in [-0.3, -0.25) is 19.7 Å². The van der Waals surface area contributed by atoms with Crippen molar-refractivity contribution in [3.63, 3.8) is 0 Å². The summed E-state index contributed by atoms with van der Waals surface area (Å²) in [5, 5.41) is 16.8. The SMILES string of the molecule is CCCC(=O)Nc1nc2ccc(NC(=O)CSc3ccc([N+](=O)[O-])cc3)cc2s1. The van der Waals surface area contributed by atoms with Gasteiger partial charge in [-0.05, 0) is 36.8 Å². The zero-order chi connectivity index (χ0) is 20.8. The van der Waals surface area contributed by atoms with Crippen molar-refractivity contribution in [2.45, 2.75) is 24.7 Å². The average molecular weight is 431 g/mol. The highest BCUT2D eigenvalue weighted by Gasteiger charge is 2.10. The summed E-state index contributed by atoms with van der Waals surface area (Å²) < 4.78 is 0.859. The molecule has 2 N–H and O–H groups in total. The van der Waals surface area contributed by atoms with Gasteiger partial charge in [0.2, 0.25) is 11.8 Å². The standard InChI is InChI=1S/C19H18N4O4S2/c1-2-3-17(24)22-19-21-15-9-4-12(10-16(15)29-19)20-18(25)11-28-14-7-5-13(6-8-14)23(26)27/h4-10H,2-3,11H2,1H3,(H,20,25)(H,21,22,24). The number of hydrogen-bond acceptors (Lipinski definition) is 7. The molecule has 0 radical (unpaired) electrons. The van der Waals surface area contributed by atoms with Crippen molar-refractivity contribution in [3.8, 4) is 0 Å². The Morgan fingerprint density at radius 3 is 2.59 bits per heavy atom. The lowest BCUT2D eigenvalue weighted by Gasteiger charge is -2.05. The van der Waals surface area contributed by atoms with Gasteiger partial charge in [-0.2, -0.15) is 0 Å². The van der Waals surface area contributed by atoms with Crippen molar-refractivity contribution in [1.82, 2.24) is 4.98 Å². The minimum absolute atomic E-state index is 0.0157. The first kappa shape index (κ1) is 20.7. The first-order chi connectivity index (χ1) is 13.9. The number of rotatable bonds is 8. The molecule has 3 aromatic rings. The van der Waals surface area contributed by atoms with E-state index in [9.17, 15) is 19.7 Å². The van der Waals surface area contributed by atoms with Crippen LogP contribution in [-0.2, 0) is 9.59 Å². The molecule has 1 heterocycles. The third-order valence-electron chi connectivity index (χ3n) is 3.81. The molecule has 0 aliphatic carbocycles. The molecule has 2 amide bonds. The second kappa shape index (κ2) is 9.48. The number of amides is 2. The molecule has 0 unspecified atom stereocenters. The number of carbonyl (C=O) groups excluding carboxylic acids is 2. The molecule has 0 aliphatic heterocycles. The summed E-state index contributed by atoms with van der Waals surface area (Å²) >= 11 is 2.65. The van der Waals surface area contributed by atoms with Gasteiger partial charge in [0.25, 0.3) is 5.69 Å². The number of nitrogens with zero attached hydrogens (tertiary/aromatic N) is 2. The number of hydrogen-bond donors (Lipinski definition) is 2. The molecular formula is C19H18N4O4S2. The number of fused-ring (bicyclic) bond motifs is 1. The van der Waals surface area contributed by atoms with E-state index >= 15 is 0 Å². The highest BCUT2D eigenvalue weighted by Crippen LogP contribution is 2.29. The van der Waals surface area contributed by atoms with Crippen LogP contribution in [0.4, 0.5) is 16.5 Å². The number of nitrogens with one attached hydrogen (secondary N) is 2. The highest BCUT2D eigenvalue weighted by atomic mass is 32.2. The minimum Gasteiger partial charge on any atom is -0.325 e. The lowest BCUT2D eigenvalue weighted by molar-refractivity contribution is -0.384. The molecule has 29 heavy (non-hydrogen) atoms. The molecule has 8 nitrogen and oxygen atoms in total. The molecule has 10 heteroatoms. The van der Waals surface area contributed by atoms with E-state index in [0.29, 0.717) is 17.2 Å². The predicted octanol–water partition coefficient (Wildman–Crippen LogP) is 4.67. The third-order valence-corrected chi connectivity index (χ3v) is 5.76. The average Bonchev–Trinajstić information content (AvgIpc) is 3.08. The van der Waals surface area contributed by atoms with Crippen LogP contribution in [0.1, 0.15) is 19.8 Å². The maximum Gasteiger partial charge on any atom is 0.269 e. The van der Waals surface area contributed by atoms with E-state index in [-0.39, 0.29) is 23.3 Å². The van der Waals surface area contributed by atoms with Crippen molar-refractivity contribution >= 4 is 61.6 Å². The molecule has 0 atom stereocenters. The summed E-state index contributed by atoms with van der Waals surface area (Å²) in [6, 6.07) is 11.4. The van der Waals surface area contributed by atoms with E-state index in [2.05, 4.69) is 15.6 Å². The summed E-state index contributed by atoms with van der Waals surface area (Å²) in [6.45, 7) is 1.94. The number of benzene rings is 2. The molecule has 3 rings (SSSR count). The number of nitro benzene ring substituents is 1. The van der Waals surface area contributed by atoms with E-state index in [1.54, 1.807) is 24.3 Å². The van der Waals surface area contributed by atoms with Crippen molar-refractivity contribution in [2.24, 2.45) is 0 Å². The number of nitro groups is 1. The molecule has 0 bridgehead atoms. The van der Waals surface area contributed by atoms with Crippen LogP contribution in [-0.4, -0.2) is 27.5 Å². The zero-order valence-electron chi connectivity index (χ0n) is 15.5. The predicted molar refractivity (Wildman–Crippen MR) is 116 cm³/mol. The van der Waals surface area contributed by atoms with E-state index < -0.39 is 4.92 Å². The molecule has 1 aromatic heterocycles. The third kappa shape index (κ3) is 5.75. The van der Waals surface area contributed by atoms with E-state index in [1.807, 2.05) is 13.0 Å². The number of non-ortho nitro benzene ring substituents is 1. The summed E-state index contributed by atoms with van der Waals surface area (Å²) in [5.41, 5.74) is 1.41. The number of carbonyl (C=O) groups is 2. The Morgan fingerprint density at radius 2 is 1.90 bits per heavy atom. The molecule has 0 spiro atoms. The fourth-order valence-corrected chi connectivity index (χ4v) is 4.09. The lowest BCUT2D eigenvalue weighted by atomic mass is 10.3. The van der Waals surface area contributed by atoms with Crippen molar-refractivity contribution in [2.75, 3.05) is 16.4 Å². The summed E-state index contributed by atoms with van der Waals surface area (Å²) in [6.07, 6.45) is 1.22. The Balaban J connectivity index is 1.58. The molecular weight excluding hydrogens is 412 g/mol. The smallest absolute Gasteiger partial charge is 0.269 e. The van der Waals surface area contributed by atoms with Gasteiger partial charge in [-0.25, -0.2) is 4.98 Å². The lowest BCUT2D eigenvalue weighted by Crippen LogP contribution is -2.13. The first-order valence-corrected chi connectivity index (χ1v) is 10.6. The Hall–Kier alpha value is -2.98. The number of thioether (sulfide) groups is 1. The summed E-state index contributed by atoms with van der Waals surface area (Å²) in [5.74, 6) is -0.0753. The van der Waals surface area contributed by atoms with Crippen LogP contribution in [0, 0.1) is 10.1 Å². The molecule has 0 saturated heterocycles. The largest absolute Gasteiger partial charge is 0.325 e. The Morgan fingerprint density at radius 1 is 1.14 bits per heavy atom. The van der Waals surface area contributed by atoms with Crippen LogP contribution in [0.5, 0.6) is 0 Å². The molecule has 2 aromatic carbocycles. The fourth-order valence-electron chi connectivity index (χ4n) is 2.47. The first-order valence-electron chi connectivity index (χ1n) is 8.82. The van der Waals surface area contributed by atoms with E-state index in [4.69, 9.17) is 0 Å². The van der Waals surface area contributed by atoms with Crippen LogP contribution >= 0.6 is 23.1 Å². The van der Waals surface area contributed by atoms with E-state index in [1.165, 1.54) is 35.2 Å². The van der Waals surface area contributed by atoms with Gasteiger partial charge in [0, 0.05) is 29.1 Å². The van der Waals surface area contributed by atoms with Gasteiger partial charge in [-0.15, -0.1) is 11.8 Å². The topological polar surface area (TPSA) is 114 Å². The highest BCUT2D eigenvalue weighted by molar-refractivity contribution is 8.00. The van der Waals surface area contributed by atoms with Crippen LogP contribution in [0.25, 0.3) is 10.2 Å². The van der Waals surface area contributed by atoms with Gasteiger partial charge in [0.15, 0.2) is 5.13 Å². The summed E-state index contributed by atoms with van der Waals surface area (Å²) in [4.78, 5) is 39.3. The second-order valence-corrected chi connectivity index (χ2v) is 8.17. The van der Waals surface area contributed by atoms with Gasteiger partial charge in [0.1, 0.15) is 0 Å². The van der Waals surface area contributed by atoms with Crippen LogP contribution < -0.4 is 10.6 Å². The van der Waals surface area contributed by atoms with Crippen molar-refractivity contribution in [3.05, 3.63) is 52.6 Å². The second-order valence-electron chi connectivity index (χ2n) is 6.09. The maximum absolute atomic E-state index is 12.2. The van der Waals surface area contributed by atoms with Gasteiger partial charge < -0.3 is 10.6 Å². The number of thiazole rings is 1. The van der Waals surface area contributed by atoms with Gasteiger partial charge in [0.05, 0.1) is 20.9 Å². The number of anilines is 2. The monoisotopic (exact) mass is 430 g/mol. The van der Waals surface area contributed by atoms with Crippen molar-refractivity contribution in [1.29, 1.82) is 0 Å². The van der Waals surface area contributed by atoms with Gasteiger partial charge >= 0.3 is 0 Å². The zero-order valence-corrected chi connectivity index (χ0v) is 17.1. The fraction of sp³-hybridized carbons (Fsp3) is 0.211. The Labute approximate surface area is 174 Å². The van der Waals surface area contributed by atoms with Crippen LogP contribution in [0.3, 0.4) is 0 Å². The Kier molecular flexibility index (Phi) is 6.78. The Bertz CT molecular complexity index is 1050. The quantitative estimate of drug-likeness (QED) is 0.305. The molecule has 150 valence electrons. The van der Waals surface area contributed by atoms with Crippen molar-refractivity contribution < 1.29 is 14.5 Å². The molecule has 0 fully saturated rings. The minimum atomic E-state index is -0.461. The normalized spacial score (nSPS) is 10.7. The van der Waals surface area contributed by atoms with E-state index in [0.717, 1.165) is 21.5 Å². The summed E-state index contributed by atoms with van der Waals surface area (Å²) in [7, 11) is 0. The van der Waals surface area contributed by atoms with Crippen LogP contribution in [0.2, 0.25) is 0 Å². The van der Waals surface area contributed by atoms with Crippen LogP contribution in [0.15, 0.2) is 47.4 Å². The number of aromatic nitrogens is 1. The molecule has 0 aliphatic rings.